The van der Waals surface area contributed by atoms with Crippen LogP contribution in [0.1, 0.15) is 42.5 Å². The van der Waals surface area contributed by atoms with Gasteiger partial charge in [-0.05, 0) is 67.5 Å². The van der Waals surface area contributed by atoms with Gasteiger partial charge in [-0.3, -0.25) is 0 Å². The molecule has 0 saturated heterocycles. The van der Waals surface area contributed by atoms with Gasteiger partial charge in [-0.25, -0.2) is 16.8 Å². The van der Waals surface area contributed by atoms with Gasteiger partial charge in [0.2, 0.25) is 0 Å². The van der Waals surface area contributed by atoms with E-state index in [1.807, 2.05) is 6.92 Å². The van der Waals surface area contributed by atoms with E-state index in [2.05, 4.69) is 23.5 Å². The van der Waals surface area contributed by atoms with Gasteiger partial charge in [0.05, 0.1) is 15.5 Å². The lowest BCUT2D eigenvalue weighted by atomic mass is 9.89. The van der Waals surface area contributed by atoms with Crippen LogP contribution in [0.2, 0.25) is 0 Å². The summed E-state index contributed by atoms with van der Waals surface area (Å²) in [6.45, 7) is 1.97. The van der Waals surface area contributed by atoms with Crippen molar-refractivity contribution in [3.05, 3.63) is 53.1 Å². The molecule has 1 unspecified atom stereocenters. The average Bonchev–Trinajstić information content (AvgIpc) is 2.59. The molecular formula is C20H25NO4S2. The first-order valence-electron chi connectivity index (χ1n) is 8.98. The Hall–Kier alpha value is -1.86. The van der Waals surface area contributed by atoms with Crippen LogP contribution in [0.3, 0.4) is 0 Å². The van der Waals surface area contributed by atoms with Crippen LogP contribution in [-0.2, 0) is 32.5 Å². The minimum atomic E-state index is -3.59. The van der Waals surface area contributed by atoms with Crippen LogP contribution in [0.5, 0.6) is 0 Å². The zero-order valence-corrected chi connectivity index (χ0v) is 17.5. The number of hydrogen-bond acceptors (Lipinski definition) is 5. The van der Waals surface area contributed by atoms with Gasteiger partial charge < -0.3 is 5.32 Å². The number of fused-ring (bicyclic) bond motifs is 1. The first-order valence-corrected chi connectivity index (χ1v) is 12.8. The number of anilines is 1. The van der Waals surface area contributed by atoms with E-state index in [0.717, 1.165) is 30.9 Å². The number of sulfone groups is 2. The highest BCUT2D eigenvalue weighted by Crippen LogP contribution is 2.30. The van der Waals surface area contributed by atoms with Gasteiger partial charge in [0.25, 0.3) is 0 Å². The number of nitrogens with one attached hydrogen (secondary N) is 1. The van der Waals surface area contributed by atoms with Crippen molar-refractivity contribution >= 4 is 25.4 Å². The Kier molecular flexibility index (Phi) is 5.36. The lowest BCUT2D eigenvalue weighted by Crippen LogP contribution is -2.13. The highest BCUT2D eigenvalue weighted by atomic mass is 32.2. The van der Waals surface area contributed by atoms with Gasteiger partial charge in [-0.15, -0.1) is 0 Å². The molecule has 0 spiro atoms. The SMILES string of the molecule is CC(Nc1ccc(S(C)(=O)=O)cc1S(C)(=O)=O)c1ccc2c(c1)CCCC2. The normalized spacial score (nSPS) is 15.8. The Morgan fingerprint density at radius 2 is 1.52 bits per heavy atom. The molecule has 0 aliphatic heterocycles. The first kappa shape index (κ1) is 19.9. The standard InChI is InChI=1S/C20H25NO4S2/c1-14(16-9-8-15-6-4-5-7-17(15)12-16)21-19-11-10-18(26(2,22)23)13-20(19)27(3,24)25/h8-14,21H,4-7H2,1-3H3. The second-order valence-electron chi connectivity index (χ2n) is 7.30. The number of hydrogen-bond donors (Lipinski definition) is 1. The Balaban J connectivity index is 1.95. The van der Waals surface area contributed by atoms with Crippen LogP contribution < -0.4 is 5.32 Å². The lowest BCUT2D eigenvalue weighted by molar-refractivity contribution is 0.600. The molecule has 5 nitrogen and oxygen atoms in total. The summed E-state index contributed by atoms with van der Waals surface area (Å²) in [4.78, 5) is -0.00913. The molecule has 1 aliphatic carbocycles. The van der Waals surface area contributed by atoms with Crippen molar-refractivity contribution in [3.8, 4) is 0 Å². The van der Waals surface area contributed by atoms with E-state index in [-0.39, 0.29) is 15.8 Å². The third-order valence-corrected chi connectivity index (χ3v) is 7.27. The summed E-state index contributed by atoms with van der Waals surface area (Å²) >= 11 is 0. The summed E-state index contributed by atoms with van der Waals surface area (Å²) < 4.78 is 48.0. The highest BCUT2D eigenvalue weighted by molar-refractivity contribution is 7.91. The third kappa shape index (κ3) is 4.52. The molecule has 2 aromatic carbocycles. The van der Waals surface area contributed by atoms with Crippen molar-refractivity contribution < 1.29 is 16.8 Å². The Bertz CT molecular complexity index is 1070. The topological polar surface area (TPSA) is 80.3 Å². The zero-order chi connectivity index (χ0) is 19.8. The van der Waals surface area contributed by atoms with Gasteiger partial charge in [0, 0.05) is 18.6 Å². The number of benzene rings is 2. The second-order valence-corrected chi connectivity index (χ2v) is 11.3. The van der Waals surface area contributed by atoms with Crippen molar-refractivity contribution in [2.75, 3.05) is 17.8 Å². The largest absolute Gasteiger partial charge is 0.377 e. The minimum Gasteiger partial charge on any atom is -0.377 e. The van der Waals surface area contributed by atoms with Crippen molar-refractivity contribution in [2.24, 2.45) is 0 Å². The van der Waals surface area contributed by atoms with E-state index in [4.69, 9.17) is 0 Å². The van der Waals surface area contributed by atoms with Crippen LogP contribution in [0, 0.1) is 0 Å². The maximum Gasteiger partial charge on any atom is 0.177 e. The van der Waals surface area contributed by atoms with Gasteiger partial charge in [0.1, 0.15) is 0 Å². The molecule has 0 heterocycles. The number of aryl methyl sites for hydroxylation is 2. The minimum absolute atomic E-state index is 0.00441. The van der Waals surface area contributed by atoms with Crippen LogP contribution in [0.15, 0.2) is 46.2 Å². The molecule has 0 radical (unpaired) electrons. The predicted molar refractivity (Wildman–Crippen MR) is 108 cm³/mol. The van der Waals surface area contributed by atoms with Crippen LogP contribution in [-0.4, -0.2) is 29.3 Å². The summed E-state index contributed by atoms with van der Waals surface area (Å²) in [5.74, 6) is 0. The average molecular weight is 408 g/mol. The van der Waals surface area contributed by atoms with Crippen molar-refractivity contribution in [1.29, 1.82) is 0 Å². The van der Waals surface area contributed by atoms with Gasteiger partial charge in [0.15, 0.2) is 19.7 Å². The fourth-order valence-electron chi connectivity index (χ4n) is 3.50. The molecule has 7 heteroatoms. The van der Waals surface area contributed by atoms with E-state index >= 15 is 0 Å². The lowest BCUT2D eigenvalue weighted by Gasteiger charge is -2.22. The molecule has 0 bridgehead atoms. The molecule has 1 aliphatic rings. The molecule has 27 heavy (non-hydrogen) atoms. The monoisotopic (exact) mass is 407 g/mol. The quantitative estimate of drug-likeness (QED) is 0.820. The molecular weight excluding hydrogens is 382 g/mol. The summed E-state index contributed by atoms with van der Waals surface area (Å²) in [6.07, 6.45) is 6.77. The Labute approximate surface area is 161 Å². The van der Waals surface area contributed by atoms with Gasteiger partial charge in [-0.2, -0.15) is 0 Å². The summed E-state index contributed by atoms with van der Waals surface area (Å²) in [6, 6.07) is 10.5. The molecule has 1 atom stereocenters. The maximum absolute atomic E-state index is 12.2. The number of rotatable bonds is 5. The van der Waals surface area contributed by atoms with E-state index in [0.29, 0.717) is 5.69 Å². The second kappa shape index (κ2) is 7.28. The summed E-state index contributed by atoms with van der Waals surface area (Å²) in [5, 5.41) is 3.24. The maximum atomic E-state index is 12.2. The fraction of sp³-hybridized carbons (Fsp3) is 0.400. The highest BCUT2D eigenvalue weighted by Gasteiger charge is 2.20. The molecule has 3 rings (SSSR count). The van der Waals surface area contributed by atoms with Gasteiger partial charge >= 0.3 is 0 Å². The van der Waals surface area contributed by atoms with Crippen molar-refractivity contribution in [2.45, 2.75) is 48.4 Å². The van der Waals surface area contributed by atoms with Crippen LogP contribution >= 0.6 is 0 Å². The third-order valence-electron chi connectivity index (χ3n) is 5.03. The Morgan fingerprint density at radius 3 is 2.15 bits per heavy atom. The van der Waals surface area contributed by atoms with E-state index in [1.165, 1.54) is 42.2 Å². The predicted octanol–water partition coefficient (Wildman–Crippen LogP) is 3.55. The molecule has 0 aromatic heterocycles. The van der Waals surface area contributed by atoms with Crippen molar-refractivity contribution in [3.63, 3.8) is 0 Å². The molecule has 0 saturated carbocycles. The zero-order valence-electron chi connectivity index (χ0n) is 15.8. The van der Waals surface area contributed by atoms with Crippen LogP contribution in [0.25, 0.3) is 0 Å². The van der Waals surface area contributed by atoms with Gasteiger partial charge in [-0.1, -0.05) is 18.2 Å². The molecule has 1 N–H and O–H groups in total. The molecule has 0 fully saturated rings. The van der Waals surface area contributed by atoms with Crippen molar-refractivity contribution in [1.82, 2.24) is 0 Å². The smallest absolute Gasteiger partial charge is 0.177 e. The summed E-state index contributed by atoms with van der Waals surface area (Å²) in [5.41, 5.74) is 4.26. The first-order chi connectivity index (χ1) is 12.6. The molecule has 0 amide bonds. The van der Waals surface area contributed by atoms with E-state index < -0.39 is 19.7 Å². The molecule has 2 aromatic rings. The van der Waals surface area contributed by atoms with E-state index in [1.54, 1.807) is 0 Å². The molecule has 146 valence electrons. The van der Waals surface area contributed by atoms with E-state index in [9.17, 15) is 16.8 Å². The summed E-state index contributed by atoms with van der Waals surface area (Å²) in [7, 11) is -7.07. The Morgan fingerprint density at radius 1 is 0.852 bits per heavy atom. The van der Waals surface area contributed by atoms with Crippen LogP contribution in [0.4, 0.5) is 5.69 Å². The fourth-order valence-corrected chi connectivity index (χ4v) is 5.09.